The van der Waals surface area contributed by atoms with Gasteiger partial charge in [-0.1, -0.05) is 62.4 Å². The zero-order chi connectivity index (χ0) is 31.2. The summed E-state index contributed by atoms with van der Waals surface area (Å²) in [5.74, 6) is -0.280. The van der Waals surface area contributed by atoms with Crippen LogP contribution in [0.5, 0.6) is 17.2 Å². The molecule has 3 aromatic carbocycles. The second kappa shape index (κ2) is 13.9. The number of ketones is 1. The Morgan fingerprint density at radius 2 is 1.70 bits per heavy atom. The Morgan fingerprint density at radius 1 is 0.977 bits per heavy atom. The van der Waals surface area contributed by atoms with Crippen LogP contribution >= 0.6 is 0 Å². The van der Waals surface area contributed by atoms with Crippen LogP contribution in [0.1, 0.15) is 116 Å². The molecule has 7 heteroatoms. The lowest BCUT2D eigenvalue weighted by molar-refractivity contribution is -0.135. The fraction of sp³-hybridized carbons (Fsp3) is 0.378. The van der Waals surface area contributed by atoms with E-state index in [0.717, 1.165) is 11.1 Å². The van der Waals surface area contributed by atoms with Gasteiger partial charge in [0.25, 0.3) is 0 Å². The molecule has 3 aromatic rings. The molecule has 0 radical (unpaired) electrons. The fourth-order valence-electron chi connectivity index (χ4n) is 5.77. The van der Waals surface area contributed by atoms with Crippen molar-refractivity contribution >= 4 is 23.8 Å². The number of aromatic hydroxyl groups is 1. The van der Waals surface area contributed by atoms with E-state index in [-0.39, 0.29) is 29.3 Å². The first-order chi connectivity index (χ1) is 21.2. The Morgan fingerprint density at radius 3 is 2.43 bits per heavy atom. The molecule has 0 fully saturated rings. The van der Waals surface area contributed by atoms with Crippen molar-refractivity contribution < 1.29 is 33.7 Å². The number of hydrogen-bond donors (Lipinski definition) is 1. The van der Waals surface area contributed by atoms with Gasteiger partial charge in [0.15, 0.2) is 0 Å². The Balaban J connectivity index is 1.42. The van der Waals surface area contributed by atoms with E-state index in [1.165, 1.54) is 5.56 Å². The van der Waals surface area contributed by atoms with Crippen LogP contribution in [0.2, 0.25) is 0 Å². The van der Waals surface area contributed by atoms with Gasteiger partial charge in [0, 0.05) is 24.3 Å². The molecule has 44 heavy (non-hydrogen) atoms. The summed E-state index contributed by atoms with van der Waals surface area (Å²) in [6, 6.07) is 17.4. The van der Waals surface area contributed by atoms with Gasteiger partial charge in [0.05, 0.1) is 12.5 Å². The van der Waals surface area contributed by atoms with Crippen LogP contribution in [0.15, 0.2) is 60.7 Å². The second-order valence-corrected chi connectivity index (χ2v) is 12.0. The number of carbonyl (C=O) groups excluding carboxylic acids is 3. The number of carbonyl (C=O) groups is 3. The van der Waals surface area contributed by atoms with Gasteiger partial charge in [-0.25, -0.2) is 4.79 Å². The van der Waals surface area contributed by atoms with Gasteiger partial charge in [-0.2, -0.15) is 0 Å². The number of phenolic OH excluding ortho intramolecular Hbond substituents is 1. The molecule has 0 unspecified atom stereocenters. The molecule has 0 bridgehead atoms. The van der Waals surface area contributed by atoms with E-state index in [0.29, 0.717) is 67.9 Å². The maximum Gasteiger partial charge on any atom is 0.342 e. The summed E-state index contributed by atoms with van der Waals surface area (Å²) in [4.78, 5) is 38.3. The number of cyclic esters (lactones) is 1. The third-order valence-electron chi connectivity index (χ3n) is 8.31. The highest BCUT2D eigenvalue weighted by Gasteiger charge is 2.35. The molecule has 1 N–H and O–H groups in total. The molecule has 2 heterocycles. The third-order valence-corrected chi connectivity index (χ3v) is 8.31. The summed E-state index contributed by atoms with van der Waals surface area (Å²) in [6.07, 6.45) is 6.63. The highest BCUT2D eigenvalue weighted by Crippen LogP contribution is 2.47. The summed E-state index contributed by atoms with van der Waals surface area (Å²) in [6.45, 7) is 6.53. The predicted molar refractivity (Wildman–Crippen MR) is 168 cm³/mol. The zero-order valence-corrected chi connectivity index (χ0v) is 25.6. The Bertz CT molecular complexity index is 1530. The van der Waals surface area contributed by atoms with Crippen molar-refractivity contribution in [3.05, 3.63) is 94.1 Å². The van der Waals surface area contributed by atoms with Crippen LogP contribution in [0.4, 0.5) is 0 Å². The van der Waals surface area contributed by atoms with Gasteiger partial charge in [0.1, 0.15) is 35.2 Å². The van der Waals surface area contributed by atoms with Crippen molar-refractivity contribution in [1.82, 2.24) is 0 Å². The van der Waals surface area contributed by atoms with Crippen molar-refractivity contribution in [2.24, 2.45) is 0 Å². The highest BCUT2D eigenvalue weighted by atomic mass is 16.5. The molecule has 2 aliphatic heterocycles. The largest absolute Gasteiger partial charge is 0.507 e. The van der Waals surface area contributed by atoms with Crippen molar-refractivity contribution in [3.8, 4) is 17.2 Å². The topological polar surface area (TPSA) is 99.1 Å². The van der Waals surface area contributed by atoms with E-state index in [1.807, 2.05) is 30.3 Å². The molecule has 0 aromatic heterocycles. The van der Waals surface area contributed by atoms with Gasteiger partial charge in [0.2, 0.25) is 0 Å². The number of phenols is 1. The van der Waals surface area contributed by atoms with Crippen LogP contribution in [-0.2, 0) is 20.9 Å². The molecule has 0 saturated carbocycles. The minimum Gasteiger partial charge on any atom is -0.507 e. The SMILES string of the molecule is CC(C)c1ccc(COc2ccc([C@H]3CC(=O)Oc4cc5c(c(O)c43)C(=O)O[C@@H](C)CCCC(=O)CCCC=C5)cc2)cc1. The molecule has 5 rings (SSSR count). The summed E-state index contributed by atoms with van der Waals surface area (Å²) in [5.41, 5.74) is 3.96. The van der Waals surface area contributed by atoms with Gasteiger partial charge in [-0.3, -0.25) is 9.59 Å². The van der Waals surface area contributed by atoms with Crippen LogP contribution < -0.4 is 9.47 Å². The van der Waals surface area contributed by atoms with Crippen molar-refractivity contribution in [2.75, 3.05) is 0 Å². The predicted octanol–water partition coefficient (Wildman–Crippen LogP) is 8.02. The first-order valence-electron chi connectivity index (χ1n) is 15.5. The number of hydrogen-bond acceptors (Lipinski definition) is 7. The molecular weight excluding hydrogens is 556 g/mol. The molecule has 0 saturated heterocycles. The summed E-state index contributed by atoms with van der Waals surface area (Å²) < 4.78 is 17.3. The van der Waals surface area contributed by atoms with Gasteiger partial charge < -0.3 is 19.3 Å². The minimum absolute atomic E-state index is 0.0110. The van der Waals surface area contributed by atoms with E-state index < -0.39 is 24.0 Å². The van der Waals surface area contributed by atoms with Crippen molar-refractivity contribution in [3.63, 3.8) is 0 Å². The Kier molecular flexibility index (Phi) is 9.83. The van der Waals surface area contributed by atoms with Gasteiger partial charge in [-0.15, -0.1) is 0 Å². The molecule has 0 spiro atoms. The first kappa shape index (κ1) is 31.0. The van der Waals surface area contributed by atoms with Crippen molar-refractivity contribution in [2.45, 2.75) is 90.3 Å². The third kappa shape index (κ3) is 7.39. The molecule has 2 atom stereocenters. The van der Waals surface area contributed by atoms with Crippen LogP contribution in [0, 0.1) is 0 Å². The number of Topliss-reactive ketones (excluding diaryl/α,β-unsaturated/α-hetero) is 1. The highest BCUT2D eigenvalue weighted by molar-refractivity contribution is 5.98. The Hall–Kier alpha value is -4.39. The average molecular weight is 597 g/mol. The molecule has 230 valence electrons. The molecule has 0 amide bonds. The number of rotatable bonds is 5. The summed E-state index contributed by atoms with van der Waals surface area (Å²) in [5, 5.41) is 11.6. The monoisotopic (exact) mass is 596 g/mol. The van der Waals surface area contributed by atoms with Crippen molar-refractivity contribution in [1.29, 1.82) is 0 Å². The number of benzene rings is 3. The standard InChI is InChI=1S/C37H40O7/c1-23(2)26-14-12-25(13-15-26)22-42-30-18-16-27(17-19-30)31-21-33(39)44-32-20-28-9-5-4-6-10-29(38)11-7-8-24(3)43-37(41)34(28)36(40)35(31)32/h5,9,12-20,23-24,31,40H,4,6-8,10-11,21-22H2,1-3H3/t24-,31+/m0/s1. The smallest absolute Gasteiger partial charge is 0.342 e. The maximum atomic E-state index is 13.4. The number of ether oxygens (including phenoxy) is 3. The zero-order valence-electron chi connectivity index (χ0n) is 25.6. The quantitative estimate of drug-likeness (QED) is 0.235. The first-order valence-corrected chi connectivity index (χ1v) is 15.5. The van der Waals surface area contributed by atoms with E-state index in [2.05, 4.69) is 38.1 Å². The fourth-order valence-corrected chi connectivity index (χ4v) is 5.77. The molecular formula is C37H40O7. The van der Waals surface area contributed by atoms with Crippen LogP contribution in [-0.4, -0.2) is 28.9 Å². The lowest BCUT2D eigenvalue weighted by atomic mass is 9.83. The second-order valence-electron chi connectivity index (χ2n) is 12.0. The maximum absolute atomic E-state index is 13.4. The van der Waals surface area contributed by atoms with E-state index in [1.54, 1.807) is 19.1 Å². The lowest BCUT2D eigenvalue weighted by Gasteiger charge is -2.28. The normalized spacial score (nSPS) is 19.4. The molecule has 0 aliphatic carbocycles. The van der Waals surface area contributed by atoms with Crippen LogP contribution in [0.3, 0.4) is 0 Å². The number of esters is 2. The van der Waals surface area contributed by atoms with E-state index in [4.69, 9.17) is 14.2 Å². The molecule has 7 nitrogen and oxygen atoms in total. The number of fused-ring (bicyclic) bond motifs is 2. The van der Waals surface area contributed by atoms with Gasteiger partial charge >= 0.3 is 11.9 Å². The average Bonchev–Trinajstić information content (AvgIpc) is 2.99. The number of allylic oxidation sites excluding steroid dienone is 1. The minimum atomic E-state index is -0.651. The summed E-state index contributed by atoms with van der Waals surface area (Å²) in [7, 11) is 0. The Labute approximate surface area is 258 Å². The molecule has 2 aliphatic rings. The van der Waals surface area contributed by atoms with Gasteiger partial charge in [-0.05, 0) is 79.0 Å². The van der Waals surface area contributed by atoms with E-state index >= 15 is 0 Å². The lowest BCUT2D eigenvalue weighted by Crippen LogP contribution is -2.23. The van der Waals surface area contributed by atoms with E-state index in [9.17, 15) is 19.5 Å². The summed E-state index contributed by atoms with van der Waals surface area (Å²) >= 11 is 0. The van der Waals surface area contributed by atoms with Crippen LogP contribution in [0.25, 0.3) is 6.08 Å².